The Morgan fingerprint density at radius 3 is 2.04 bits per heavy atom. The number of carbonyl (C=O) groups excluding carboxylic acids is 6. The molecule has 0 spiro atoms. The molecule has 0 bridgehead atoms. The first-order valence-corrected chi connectivity index (χ1v) is 20.7. The summed E-state index contributed by atoms with van der Waals surface area (Å²) in [6.07, 6.45) is 5.08. The molecular weight excluding hydrogens is 730 g/mol. The van der Waals surface area contributed by atoms with E-state index in [0.29, 0.717) is 37.5 Å². The Hall–Kier alpha value is -4.25. The first-order chi connectivity index (χ1) is 26.6. The molecule has 2 aromatic rings. The summed E-state index contributed by atoms with van der Waals surface area (Å²) in [5, 5.41) is 3.55. The van der Waals surface area contributed by atoms with Gasteiger partial charge in [0, 0.05) is 70.9 Å². The van der Waals surface area contributed by atoms with E-state index < -0.39 is 41.9 Å². The van der Waals surface area contributed by atoms with Crippen LogP contribution in [0.5, 0.6) is 0 Å². The highest BCUT2D eigenvalue weighted by molar-refractivity contribution is 6.30. The lowest BCUT2D eigenvalue weighted by Gasteiger charge is -2.38. The fourth-order valence-electron chi connectivity index (χ4n) is 8.01. The average molecular weight is 792 g/mol. The molecule has 0 saturated carbocycles. The van der Waals surface area contributed by atoms with E-state index in [-0.39, 0.29) is 54.6 Å². The Morgan fingerprint density at radius 1 is 0.804 bits per heavy atom. The maximum absolute atomic E-state index is 14.9. The number of hydrogen-bond acceptors (Lipinski definition) is 6. The van der Waals surface area contributed by atoms with Crippen molar-refractivity contribution in [1.29, 1.82) is 0 Å². The molecule has 2 aliphatic rings. The van der Waals surface area contributed by atoms with Gasteiger partial charge in [-0.2, -0.15) is 0 Å². The Labute approximate surface area is 338 Å². The molecule has 1 N–H and O–H groups in total. The van der Waals surface area contributed by atoms with E-state index in [4.69, 9.17) is 11.6 Å². The standard InChI is InChI=1S/C44H62ClN5O6/c1-8-30(4)40(44(56)49-22-13-10-14-23-49)46-41(53)37(26-32-17-11-9-12-18-32)47(6)43(55)38(27-33-19-15-20-34(45)25-33)48(7)42(54)35(29(2)3)28-39(52)36-21-16-24-50(36)31(5)51/h9,11-12,15,17-20,25,29-30,35-38,40H,8,10,13-14,16,21-24,26-28H2,1-7H3,(H,46,53)/t30-,35-,36-,37-,38-,40-/m0/s1. The third-order valence-corrected chi connectivity index (χ3v) is 12.1. The quantitative estimate of drug-likeness (QED) is 0.224. The minimum absolute atomic E-state index is 0.0652. The van der Waals surface area contributed by atoms with Crippen LogP contribution in [0.15, 0.2) is 54.6 Å². The van der Waals surface area contributed by atoms with E-state index in [0.717, 1.165) is 36.8 Å². The number of benzene rings is 2. The number of rotatable bonds is 17. The van der Waals surface area contributed by atoms with Gasteiger partial charge in [-0.3, -0.25) is 28.8 Å². The van der Waals surface area contributed by atoms with Gasteiger partial charge in [0.05, 0.1) is 6.04 Å². The first-order valence-electron chi connectivity index (χ1n) is 20.3. The minimum Gasteiger partial charge on any atom is -0.342 e. The third-order valence-electron chi connectivity index (χ3n) is 11.8. The first kappa shape index (κ1) is 44.5. The summed E-state index contributed by atoms with van der Waals surface area (Å²) in [6.45, 7) is 11.0. The van der Waals surface area contributed by atoms with Crippen LogP contribution in [0.1, 0.15) is 90.7 Å². The van der Waals surface area contributed by atoms with Gasteiger partial charge in [0.2, 0.25) is 29.5 Å². The van der Waals surface area contributed by atoms with E-state index in [2.05, 4.69) is 5.32 Å². The predicted octanol–water partition coefficient (Wildman–Crippen LogP) is 5.56. The number of carbonyl (C=O) groups is 6. The molecule has 0 aromatic heterocycles. The number of amides is 5. The van der Waals surface area contributed by atoms with Crippen molar-refractivity contribution >= 4 is 46.9 Å². The van der Waals surface area contributed by atoms with Crippen LogP contribution in [0.4, 0.5) is 0 Å². The number of nitrogens with one attached hydrogen (secondary N) is 1. The van der Waals surface area contributed by atoms with Gasteiger partial charge >= 0.3 is 0 Å². The van der Waals surface area contributed by atoms with E-state index in [1.165, 1.54) is 16.7 Å². The molecule has 2 fully saturated rings. The molecule has 2 saturated heterocycles. The zero-order valence-electron chi connectivity index (χ0n) is 34.3. The molecule has 0 unspecified atom stereocenters. The number of likely N-dealkylation sites (tertiary alicyclic amines) is 2. The molecule has 56 heavy (non-hydrogen) atoms. The smallest absolute Gasteiger partial charge is 0.246 e. The van der Waals surface area contributed by atoms with E-state index in [1.54, 1.807) is 37.2 Å². The normalized spacial score (nSPS) is 18.4. The van der Waals surface area contributed by atoms with E-state index in [1.807, 2.05) is 69.0 Å². The second-order valence-electron chi connectivity index (χ2n) is 16.1. The zero-order valence-corrected chi connectivity index (χ0v) is 35.1. The van der Waals surface area contributed by atoms with Crippen molar-refractivity contribution in [2.75, 3.05) is 33.7 Å². The van der Waals surface area contributed by atoms with Crippen molar-refractivity contribution < 1.29 is 28.8 Å². The summed E-state index contributed by atoms with van der Waals surface area (Å²) in [5.41, 5.74) is 1.55. The van der Waals surface area contributed by atoms with Gasteiger partial charge in [-0.15, -0.1) is 0 Å². The Morgan fingerprint density at radius 2 is 1.43 bits per heavy atom. The second-order valence-corrected chi connectivity index (χ2v) is 16.5. The molecule has 6 atom stereocenters. The fraction of sp³-hybridized carbons (Fsp3) is 0.591. The van der Waals surface area contributed by atoms with Gasteiger partial charge in [-0.05, 0) is 67.2 Å². The van der Waals surface area contributed by atoms with Crippen molar-refractivity contribution in [3.8, 4) is 0 Å². The van der Waals surface area contributed by atoms with Crippen LogP contribution < -0.4 is 5.32 Å². The zero-order chi connectivity index (χ0) is 41.1. The maximum Gasteiger partial charge on any atom is 0.246 e. The highest BCUT2D eigenvalue weighted by Gasteiger charge is 2.41. The monoisotopic (exact) mass is 791 g/mol. The van der Waals surface area contributed by atoms with Crippen LogP contribution in [-0.4, -0.2) is 113 Å². The number of nitrogens with zero attached hydrogens (tertiary/aromatic N) is 4. The SMILES string of the molecule is CC[C@H](C)[C@H](NC(=O)[C@H](Cc1ccccc1)N(C)C(=O)[C@H](Cc1cccc(Cl)c1)N(C)C(=O)[C@@H](CC(=O)[C@@H]1CCCN1C(C)=O)C(C)C)C(=O)N1CCCCC1. The van der Waals surface area contributed by atoms with Crippen molar-refractivity contribution in [2.45, 2.75) is 117 Å². The summed E-state index contributed by atoms with van der Waals surface area (Å²) in [4.78, 5) is 90.0. The lowest BCUT2D eigenvalue weighted by atomic mass is 9.86. The second kappa shape index (κ2) is 20.8. The van der Waals surface area contributed by atoms with Crippen LogP contribution in [-0.2, 0) is 41.6 Å². The van der Waals surface area contributed by atoms with Crippen LogP contribution >= 0.6 is 11.6 Å². The molecule has 4 rings (SSSR count). The maximum atomic E-state index is 14.9. The van der Waals surface area contributed by atoms with Gasteiger partial charge in [0.25, 0.3) is 0 Å². The number of likely N-dealkylation sites (N-methyl/N-ethyl adjacent to an activating group) is 2. The van der Waals surface area contributed by atoms with Crippen LogP contribution in [0, 0.1) is 17.8 Å². The van der Waals surface area contributed by atoms with Gasteiger partial charge in [0.1, 0.15) is 18.1 Å². The molecule has 11 nitrogen and oxygen atoms in total. The highest BCUT2D eigenvalue weighted by atomic mass is 35.5. The summed E-state index contributed by atoms with van der Waals surface area (Å²) in [6, 6.07) is 13.1. The molecule has 0 aliphatic carbocycles. The molecule has 306 valence electrons. The Balaban J connectivity index is 1.68. The van der Waals surface area contributed by atoms with Gasteiger partial charge in [-0.1, -0.05) is 88.2 Å². The summed E-state index contributed by atoms with van der Waals surface area (Å²) < 4.78 is 0. The van der Waals surface area contributed by atoms with Gasteiger partial charge < -0.3 is 24.9 Å². The van der Waals surface area contributed by atoms with Crippen molar-refractivity contribution in [2.24, 2.45) is 17.8 Å². The summed E-state index contributed by atoms with van der Waals surface area (Å²) in [7, 11) is 3.15. The van der Waals surface area contributed by atoms with Crippen molar-refractivity contribution in [1.82, 2.24) is 24.9 Å². The fourth-order valence-corrected chi connectivity index (χ4v) is 8.22. The Bertz CT molecular complexity index is 1680. The summed E-state index contributed by atoms with van der Waals surface area (Å²) in [5.74, 6) is -2.86. The van der Waals surface area contributed by atoms with Crippen LogP contribution in [0.3, 0.4) is 0 Å². The molecule has 12 heteroatoms. The lowest BCUT2D eigenvalue weighted by molar-refractivity contribution is -0.151. The number of Topliss-reactive ketones (excluding diaryl/α,β-unsaturated/α-hetero) is 1. The lowest BCUT2D eigenvalue weighted by Crippen LogP contribution is -2.60. The molecule has 0 radical (unpaired) electrons. The Kier molecular flexibility index (Phi) is 16.5. The number of ketones is 1. The molecule has 2 aromatic carbocycles. The van der Waals surface area contributed by atoms with Gasteiger partial charge in [-0.25, -0.2) is 0 Å². The topological polar surface area (TPSA) is 127 Å². The molecule has 2 aliphatic heterocycles. The van der Waals surface area contributed by atoms with Crippen LogP contribution in [0.25, 0.3) is 0 Å². The average Bonchev–Trinajstić information content (AvgIpc) is 3.70. The molecule has 2 heterocycles. The van der Waals surface area contributed by atoms with Crippen molar-refractivity contribution in [3.05, 3.63) is 70.7 Å². The largest absolute Gasteiger partial charge is 0.342 e. The number of halogens is 1. The van der Waals surface area contributed by atoms with E-state index in [9.17, 15) is 28.8 Å². The minimum atomic E-state index is -1.06. The van der Waals surface area contributed by atoms with Crippen LogP contribution in [0.2, 0.25) is 5.02 Å². The third kappa shape index (κ3) is 11.4. The summed E-state index contributed by atoms with van der Waals surface area (Å²) >= 11 is 6.38. The van der Waals surface area contributed by atoms with Gasteiger partial charge in [0.15, 0.2) is 5.78 Å². The number of hydrogen-bond donors (Lipinski definition) is 1. The molecular formula is C44H62ClN5O6. The predicted molar refractivity (Wildman–Crippen MR) is 219 cm³/mol. The highest BCUT2D eigenvalue weighted by Crippen LogP contribution is 2.27. The number of piperidine rings is 1. The van der Waals surface area contributed by atoms with E-state index >= 15 is 0 Å². The molecule has 5 amide bonds. The van der Waals surface area contributed by atoms with Crippen molar-refractivity contribution in [3.63, 3.8) is 0 Å².